The van der Waals surface area contributed by atoms with Crippen molar-refractivity contribution in [2.75, 3.05) is 0 Å². The summed E-state index contributed by atoms with van der Waals surface area (Å²) in [6.07, 6.45) is 2.16. The topological polar surface area (TPSA) is 0 Å². The van der Waals surface area contributed by atoms with E-state index in [0.29, 0.717) is 0 Å². The second-order valence-corrected chi connectivity index (χ2v) is 5.52. The average Bonchev–Trinajstić information content (AvgIpc) is 2.30. The summed E-state index contributed by atoms with van der Waals surface area (Å²) in [5.74, 6) is 0. The molecule has 0 saturated heterocycles. The van der Waals surface area contributed by atoms with Crippen LogP contribution in [0.25, 0.3) is 10.8 Å². The zero-order valence-electron chi connectivity index (χ0n) is 9.48. The van der Waals surface area contributed by atoms with Gasteiger partial charge in [0.1, 0.15) is 0 Å². The van der Waals surface area contributed by atoms with Gasteiger partial charge in [0.25, 0.3) is 0 Å². The molecule has 0 aliphatic heterocycles. The maximum absolute atomic E-state index is 3.75. The Kier molecular flexibility index (Phi) is 3.70. The van der Waals surface area contributed by atoms with E-state index in [-0.39, 0.29) is 0 Å². The Bertz CT molecular complexity index is 530. The summed E-state index contributed by atoms with van der Waals surface area (Å²) in [5, 5.41) is 2.59. The highest BCUT2D eigenvalue weighted by Gasteiger charge is 2.10. The van der Waals surface area contributed by atoms with Crippen LogP contribution in [0.15, 0.2) is 33.2 Å². The van der Waals surface area contributed by atoms with Crippen LogP contribution in [0, 0.1) is 0 Å². The minimum absolute atomic E-state index is 1.08. The number of hydrogen-bond acceptors (Lipinski definition) is 0. The molecule has 0 aliphatic carbocycles. The fraction of sp³-hybridized carbons (Fsp3) is 0.286. The molecular formula is C14H14Br2. The second-order valence-electron chi connectivity index (χ2n) is 3.87. The summed E-state index contributed by atoms with van der Waals surface area (Å²) in [5.41, 5.74) is 2.88. The van der Waals surface area contributed by atoms with Gasteiger partial charge in [-0.1, -0.05) is 41.9 Å². The van der Waals surface area contributed by atoms with Gasteiger partial charge in [-0.2, -0.15) is 0 Å². The number of fused-ring (bicyclic) bond motifs is 1. The van der Waals surface area contributed by atoms with E-state index in [0.717, 1.165) is 12.8 Å². The molecular weight excluding hydrogens is 328 g/mol. The van der Waals surface area contributed by atoms with Crippen molar-refractivity contribution in [2.45, 2.75) is 26.7 Å². The van der Waals surface area contributed by atoms with Crippen molar-refractivity contribution in [1.29, 1.82) is 0 Å². The maximum Gasteiger partial charge on any atom is 0.0288 e. The molecule has 0 radical (unpaired) electrons. The van der Waals surface area contributed by atoms with Crippen LogP contribution in [0.4, 0.5) is 0 Å². The van der Waals surface area contributed by atoms with Gasteiger partial charge in [-0.15, -0.1) is 0 Å². The molecule has 0 aromatic heterocycles. The third kappa shape index (κ3) is 1.93. The van der Waals surface area contributed by atoms with E-state index >= 15 is 0 Å². The highest BCUT2D eigenvalue weighted by molar-refractivity contribution is 9.11. The molecule has 0 fully saturated rings. The molecule has 0 spiro atoms. The molecule has 0 bridgehead atoms. The van der Waals surface area contributed by atoms with Crippen LogP contribution < -0.4 is 0 Å². The van der Waals surface area contributed by atoms with E-state index < -0.39 is 0 Å². The Hall–Kier alpha value is -0.340. The van der Waals surface area contributed by atoms with Gasteiger partial charge >= 0.3 is 0 Å². The van der Waals surface area contributed by atoms with Crippen molar-refractivity contribution in [1.82, 2.24) is 0 Å². The van der Waals surface area contributed by atoms with Gasteiger partial charge in [-0.05, 0) is 62.8 Å². The smallest absolute Gasteiger partial charge is 0.0288 e. The number of rotatable bonds is 2. The minimum atomic E-state index is 1.08. The predicted molar refractivity (Wildman–Crippen MR) is 78.1 cm³/mol. The summed E-state index contributed by atoms with van der Waals surface area (Å²) >= 11 is 7.37. The first-order valence-electron chi connectivity index (χ1n) is 5.57. The van der Waals surface area contributed by atoms with Crippen molar-refractivity contribution >= 4 is 42.6 Å². The van der Waals surface area contributed by atoms with E-state index in [1.54, 1.807) is 0 Å². The van der Waals surface area contributed by atoms with E-state index in [4.69, 9.17) is 0 Å². The lowest BCUT2D eigenvalue weighted by molar-refractivity contribution is 1.04. The van der Waals surface area contributed by atoms with E-state index in [9.17, 15) is 0 Å². The lowest BCUT2D eigenvalue weighted by Crippen LogP contribution is -1.94. The quantitative estimate of drug-likeness (QED) is 0.677. The largest absolute Gasteiger partial charge is 0.0613 e. The van der Waals surface area contributed by atoms with Crippen LogP contribution in [0.5, 0.6) is 0 Å². The Morgan fingerprint density at radius 1 is 1.00 bits per heavy atom. The van der Waals surface area contributed by atoms with Crippen LogP contribution in [0.2, 0.25) is 0 Å². The maximum atomic E-state index is 3.75. The van der Waals surface area contributed by atoms with Crippen LogP contribution in [0.3, 0.4) is 0 Å². The number of halogens is 2. The number of aryl methyl sites for hydroxylation is 1. The molecule has 2 aromatic rings. The molecule has 84 valence electrons. The predicted octanol–water partition coefficient (Wildman–Crippen LogP) is 5.49. The Labute approximate surface area is 113 Å². The first-order valence-corrected chi connectivity index (χ1v) is 7.16. The molecule has 0 amide bonds. The molecule has 2 rings (SSSR count). The van der Waals surface area contributed by atoms with Crippen LogP contribution in [-0.2, 0) is 12.8 Å². The third-order valence-corrected chi connectivity index (χ3v) is 4.59. The fourth-order valence-electron chi connectivity index (χ4n) is 2.14. The van der Waals surface area contributed by atoms with Crippen LogP contribution in [0.1, 0.15) is 25.0 Å². The van der Waals surface area contributed by atoms with Crippen molar-refractivity contribution in [3.8, 4) is 0 Å². The van der Waals surface area contributed by atoms with Gasteiger partial charge < -0.3 is 0 Å². The monoisotopic (exact) mass is 340 g/mol. The van der Waals surface area contributed by atoms with Crippen molar-refractivity contribution < 1.29 is 0 Å². The number of hydrogen-bond donors (Lipinski definition) is 0. The molecule has 0 atom stereocenters. The van der Waals surface area contributed by atoms with Crippen molar-refractivity contribution in [3.05, 3.63) is 44.3 Å². The lowest BCUT2D eigenvalue weighted by atomic mass is 9.98. The van der Waals surface area contributed by atoms with Gasteiger partial charge in [0.05, 0.1) is 0 Å². The van der Waals surface area contributed by atoms with E-state index in [2.05, 4.69) is 70.0 Å². The molecule has 0 nitrogen and oxygen atoms in total. The molecule has 0 N–H and O–H groups in total. The molecule has 0 saturated carbocycles. The van der Waals surface area contributed by atoms with Crippen LogP contribution >= 0.6 is 31.9 Å². The SMILES string of the molecule is CCc1cc2c(Br)cccc2c(Br)c1CC. The van der Waals surface area contributed by atoms with Gasteiger partial charge in [0, 0.05) is 8.95 Å². The first-order chi connectivity index (χ1) is 7.69. The highest BCUT2D eigenvalue weighted by atomic mass is 79.9. The summed E-state index contributed by atoms with van der Waals surface area (Å²) in [6, 6.07) is 8.66. The van der Waals surface area contributed by atoms with E-state index in [1.165, 1.54) is 30.8 Å². The normalized spacial score (nSPS) is 11.0. The van der Waals surface area contributed by atoms with Gasteiger partial charge in [-0.25, -0.2) is 0 Å². The fourth-order valence-corrected chi connectivity index (χ4v) is 3.50. The standard InChI is InChI=1S/C14H14Br2/c1-3-9-8-12-11(6-5-7-13(12)15)14(16)10(9)4-2/h5-8H,3-4H2,1-2H3. The van der Waals surface area contributed by atoms with Gasteiger partial charge in [0.15, 0.2) is 0 Å². The van der Waals surface area contributed by atoms with Crippen molar-refractivity contribution in [3.63, 3.8) is 0 Å². The van der Waals surface area contributed by atoms with Crippen LogP contribution in [-0.4, -0.2) is 0 Å². The molecule has 2 aromatic carbocycles. The van der Waals surface area contributed by atoms with Gasteiger partial charge in [0.2, 0.25) is 0 Å². The molecule has 0 unspecified atom stereocenters. The Morgan fingerprint density at radius 3 is 2.38 bits per heavy atom. The zero-order valence-corrected chi connectivity index (χ0v) is 12.7. The summed E-state index contributed by atoms with van der Waals surface area (Å²) < 4.78 is 2.42. The zero-order chi connectivity index (χ0) is 11.7. The average molecular weight is 342 g/mol. The lowest BCUT2D eigenvalue weighted by Gasteiger charge is -2.13. The summed E-state index contributed by atoms with van der Waals surface area (Å²) in [4.78, 5) is 0. The Balaban J connectivity index is 2.87. The summed E-state index contributed by atoms with van der Waals surface area (Å²) in [7, 11) is 0. The van der Waals surface area contributed by atoms with Gasteiger partial charge in [-0.3, -0.25) is 0 Å². The minimum Gasteiger partial charge on any atom is -0.0613 e. The second kappa shape index (κ2) is 4.89. The molecule has 0 aliphatic rings. The Morgan fingerprint density at radius 2 is 1.75 bits per heavy atom. The third-order valence-electron chi connectivity index (χ3n) is 2.99. The first kappa shape index (κ1) is 12.1. The molecule has 2 heteroatoms. The number of benzene rings is 2. The molecule has 0 heterocycles. The van der Waals surface area contributed by atoms with E-state index in [1.807, 2.05) is 0 Å². The molecule has 16 heavy (non-hydrogen) atoms. The van der Waals surface area contributed by atoms with Crippen molar-refractivity contribution in [2.24, 2.45) is 0 Å². The summed E-state index contributed by atoms with van der Waals surface area (Å²) in [6.45, 7) is 4.42. The highest BCUT2D eigenvalue weighted by Crippen LogP contribution is 2.34.